The molecular weight excluding hydrogens is 304 g/mol. The molecule has 132 valence electrons. The van der Waals surface area contributed by atoms with Gasteiger partial charge in [0.1, 0.15) is 0 Å². The number of aliphatic imine (C=N–C) groups is 1. The van der Waals surface area contributed by atoms with Crippen LogP contribution in [0.5, 0.6) is 0 Å². The van der Waals surface area contributed by atoms with Crippen LogP contribution in [0.4, 0.5) is 5.69 Å². The van der Waals surface area contributed by atoms with Crippen LogP contribution in [0.25, 0.3) is 11.1 Å². The van der Waals surface area contributed by atoms with Crippen LogP contribution in [-0.4, -0.2) is 6.21 Å². The second-order valence-electron chi connectivity index (χ2n) is 7.05. The summed E-state index contributed by atoms with van der Waals surface area (Å²) in [5.41, 5.74) is 12.6. The number of allylic oxidation sites excluding steroid dienone is 2. The largest absolute Gasteiger partial charge is 0.402 e. The highest BCUT2D eigenvalue weighted by Crippen LogP contribution is 2.33. The van der Waals surface area contributed by atoms with Gasteiger partial charge in [0.25, 0.3) is 0 Å². The van der Waals surface area contributed by atoms with Crippen molar-refractivity contribution in [3.63, 3.8) is 0 Å². The van der Waals surface area contributed by atoms with E-state index in [0.29, 0.717) is 11.8 Å². The molecule has 0 radical (unpaired) electrons. The van der Waals surface area contributed by atoms with Crippen LogP contribution >= 0.6 is 0 Å². The van der Waals surface area contributed by atoms with Gasteiger partial charge in [0.05, 0.1) is 5.69 Å². The van der Waals surface area contributed by atoms with Crippen molar-refractivity contribution < 1.29 is 0 Å². The number of benzene rings is 2. The van der Waals surface area contributed by atoms with E-state index in [0.717, 1.165) is 17.8 Å². The fourth-order valence-electron chi connectivity index (χ4n) is 2.82. The van der Waals surface area contributed by atoms with E-state index in [2.05, 4.69) is 75.2 Å². The second-order valence-corrected chi connectivity index (χ2v) is 7.05. The quantitative estimate of drug-likeness (QED) is 0.597. The van der Waals surface area contributed by atoms with Gasteiger partial charge >= 0.3 is 0 Å². The lowest BCUT2D eigenvalue weighted by atomic mass is 9.93. The third-order valence-corrected chi connectivity index (χ3v) is 4.60. The second kappa shape index (κ2) is 8.66. The zero-order valence-corrected chi connectivity index (χ0v) is 16.1. The first-order chi connectivity index (χ1) is 11.9. The average Bonchev–Trinajstić information content (AvgIpc) is 2.60. The van der Waals surface area contributed by atoms with E-state index in [4.69, 9.17) is 5.73 Å². The molecule has 2 aromatic carbocycles. The molecule has 25 heavy (non-hydrogen) atoms. The van der Waals surface area contributed by atoms with Crippen LogP contribution in [0, 0.1) is 0 Å². The lowest BCUT2D eigenvalue weighted by Crippen LogP contribution is -1.93. The molecule has 0 amide bonds. The Kier molecular flexibility index (Phi) is 6.58. The van der Waals surface area contributed by atoms with Crippen LogP contribution in [0.15, 0.2) is 59.2 Å². The summed E-state index contributed by atoms with van der Waals surface area (Å²) in [4.78, 5) is 4.65. The molecule has 0 spiro atoms. The van der Waals surface area contributed by atoms with Gasteiger partial charge in [-0.25, -0.2) is 0 Å². The highest BCUT2D eigenvalue weighted by atomic mass is 14.7. The van der Waals surface area contributed by atoms with Gasteiger partial charge in [-0.3, -0.25) is 4.99 Å². The molecule has 0 bridgehead atoms. The Labute approximate surface area is 152 Å². The Bertz CT molecular complexity index is 765. The molecule has 0 aromatic heterocycles. The minimum Gasteiger partial charge on any atom is -0.402 e. The standard InChI is InChI=1S/C23H30N2/c1-6-17(4)19-8-7-9-20(14-19)21-10-11-22(16(2)3)23(15-21)25-13-12-18(5)24/h7-17H,6,24H2,1-5H3. The lowest BCUT2D eigenvalue weighted by molar-refractivity contribution is 0.734. The van der Waals surface area contributed by atoms with Crippen molar-refractivity contribution in [3.05, 3.63) is 65.4 Å². The summed E-state index contributed by atoms with van der Waals surface area (Å²) in [5.74, 6) is 1.00. The van der Waals surface area contributed by atoms with E-state index >= 15 is 0 Å². The molecule has 2 nitrogen and oxygen atoms in total. The molecular formula is C23H30N2. The average molecular weight is 335 g/mol. The Hall–Kier alpha value is -2.35. The summed E-state index contributed by atoms with van der Waals surface area (Å²) < 4.78 is 0. The van der Waals surface area contributed by atoms with Gasteiger partial charge in [-0.15, -0.1) is 0 Å². The molecule has 0 saturated heterocycles. The van der Waals surface area contributed by atoms with E-state index in [1.165, 1.54) is 22.3 Å². The molecule has 2 aromatic rings. The van der Waals surface area contributed by atoms with Gasteiger partial charge in [0, 0.05) is 11.9 Å². The summed E-state index contributed by atoms with van der Waals surface area (Å²) in [5, 5.41) is 0. The maximum absolute atomic E-state index is 5.70. The highest BCUT2D eigenvalue weighted by Gasteiger charge is 2.09. The van der Waals surface area contributed by atoms with Crippen molar-refractivity contribution in [2.24, 2.45) is 10.7 Å². The smallest absolute Gasteiger partial charge is 0.0670 e. The third-order valence-electron chi connectivity index (χ3n) is 4.60. The summed E-state index contributed by atoms with van der Waals surface area (Å²) in [6.45, 7) is 10.8. The predicted octanol–water partition coefficient (Wildman–Crippen LogP) is 6.56. The van der Waals surface area contributed by atoms with Crippen LogP contribution in [0.1, 0.15) is 64.0 Å². The molecule has 0 aliphatic heterocycles. The zero-order chi connectivity index (χ0) is 18.4. The van der Waals surface area contributed by atoms with E-state index in [-0.39, 0.29) is 0 Å². The van der Waals surface area contributed by atoms with Crippen LogP contribution in [-0.2, 0) is 0 Å². The van der Waals surface area contributed by atoms with Crippen molar-refractivity contribution in [1.29, 1.82) is 0 Å². The topological polar surface area (TPSA) is 38.4 Å². The molecule has 2 N–H and O–H groups in total. The maximum atomic E-state index is 5.70. The Morgan fingerprint density at radius 3 is 2.44 bits per heavy atom. The van der Waals surface area contributed by atoms with Gasteiger partial charge in [-0.05, 0) is 59.6 Å². The van der Waals surface area contributed by atoms with Gasteiger partial charge in [0.2, 0.25) is 0 Å². The van der Waals surface area contributed by atoms with Crippen LogP contribution < -0.4 is 5.73 Å². The molecule has 2 heteroatoms. The van der Waals surface area contributed by atoms with E-state index in [9.17, 15) is 0 Å². The van der Waals surface area contributed by atoms with Crippen molar-refractivity contribution in [3.8, 4) is 11.1 Å². The van der Waals surface area contributed by atoms with Gasteiger partial charge < -0.3 is 5.73 Å². The minimum absolute atomic E-state index is 0.426. The Morgan fingerprint density at radius 2 is 1.80 bits per heavy atom. The van der Waals surface area contributed by atoms with Crippen LogP contribution in [0.2, 0.25) is 0 Å². The summed E-state index contributed by atoms with van der Waals surface area (Å²) in [6, 6.07) is 15.4. The van der Waals surface area contributed by atoms with E-state index < -0.39 is 0 Å². The molecule has 0 aliphatic carbocycles. The number of nitrogens with two attached hydrogens (primary N) is 1. The molecule has 0 fully saturated rings. The summed E-state index contributed by atoms with van der Waals surface area (Å²) >= 11 is 0. The summed E-state index contributed by atoms with van der Waals surface area (Å²) in [7, 11) is 0. The first kappa shape index (κ1) is 19.0. The van der Waals surface area contributed by atoms with E-state index in [1.807, 2.05) is 13.0 Å². The fraction of sp³-hybridized carbons (Fsp3) is 0.348. The molecule has 0 heterocycles. The van der Waals surface area contributed by atoms with Gasteiger partial charge in [-0.1, -0.05) is 64.1 Å². The Morgan fingerprint density at radius 1 is 1.08 bits per heavy atom. The maximum Gasteiger partial charge on any atom is 0.0670 e. The molecule has 1 atom stereocenters. The third kappa shape index (κ3) is 5.06. The zero-order valence-electron chi connectivity index (χ0n) is 16.1. The predicted molar refractivity (Wildman–Crippen MR) is 111 cm³/mol. The lowest BCUT2D eigenvalue weighted by Gasteiger charge is -2.14. The van der Waals surface area contributed by atoms with E-state index in [1.54, 1.807) is 6.21 Å². The van der Waals surface area contributed by atoms with Crippen molar-refractivity contribution in [2.45, 2.75) is 52.9 Å². The van der Waals surface area contributed by atoms with Gasteiger partial charge in [0.15, 0.2) is 0 Å². The molecule has 0 aliphatic rings. The number of nitrogens with zero attached hydrogens (tertiary/aromatic N) is 1. The molecule has 2 rings (SSSR count). The SMILES string of the molecule is CCC(C)c1cccc(-c2ccc(C(C)C)c(N=CC=C(C)N)c2)c1. The first-order valence-corrected chi connectivity index (χ1v) is 9.13. The minimum atomic E-state index is 0.426. The fourth-order valence-corrected chi connectivity index (χ4v) is 2.82. The monoisotopic (exact) mass is 334 g/mol. The molecule has 1 unspecified atom stereocenters. The van der Waals surface area contributed by atoms with Crippen molar-refractivity contribution in [1.82, 2.24) is 0 Å². The summed E-state index contributed by atoms with van der Waals surface area (Å²) in [6.07, 6.45) is 4.77. The molecule has 0 saturated carbocycles. The van der Waals surface area contributed by atoms with Crippen molar-refractivity contribution >= 4 is 11.9 Å². The first-order valence-electron chi connectivity index (χ1n) is 9.13. The highest BCUT2D eigenvalue weighted by molar-refractivity contribution is 5.78. The normalized spacial score (nSPS) is 13.6. The van der Waals surface area contributed by atoms with Crippen LogP contribution in [0.3, 0.4) is 0 Å². The number of rotatable bonds is 6. The number of hydrogen-bond acceptors (Lipinski definition) is 2. The Balaban J connectivity index is 2.46. The van der Waals surface area contributed by atoms with Crippen molar-refractivity contribution in [2.75, 3.05) is 0 Å². The van der Waals surface area contributed by atoms with Gasteiger partial charge in [-0.2, -0.15) is 0 Å². The number of hydrogen-bond donors (Lipinski definition) is 1.